The Morgan fingerprint density at radius 2 is 2.00 bits per heavy atom. The summed E-state index contributed by atoms with van der Waals surface area (Å²) in [7, 11) is 3.45. The lowest BCUT2D eigenvalue weighted by molar-refractivity contribution is 0.0693. The summed E-state index contributed by atoms with van der Waals surface area (Å²) in [4.78, 5) is 11.1. The van der Waals surface area contributed by atoms with Crippen LogP contribution in [-0.2, 0) is 7.05 Å². The first-order valence-electron chi connectivity index (χ1n) is 5.34. The maximum atomic E-state index is 11.1. The molecule has 0 amide bonds. The Labute approximate surface area is 99.4 Å². The highest BCUT2D eigenvalue weighted by atomic mass is 16.5. The molecule has 0 aliphatic heterocycles. The molecule has 0 aliphatic carbocycles. The topological polar surface area (TPSA) is 51.5 Å². The number of benzene rings is 1. The Morgan fingerprint density at radius 1 is 1.35 bits per heavy atom. The maximum absolute atomic E-state index is 11.1. The van der Waals surface area contributed by atoms with E-state index in [1.807, 2.05) is 25.5 Å². The van der Waals surface area contributed by atoms with Gasteiger partial charge in [0.2, 0.25) is 0 Å². The molecule has 2 rings (SSSR count). The van der Waals surface area contributed by atoms with Crippen molar-refractivity contribution in [2.75, 3.05) is 7.11 Å². The van der Waals surface area contributed by atoms with Crippen molar-refractivity contribution in [1.82, 2.24) is 4.57 Å². The van der Waals surface area contributed by atoms with E-state index in [4.69, 9.17) is 9.84 Å². The standard InChI is InChI=1S/C13H15NO3/c1-7-8(2)14(3)11-6-12(17-4)10(13(15)16)5-9(7)11/h5-6H,1-4H3,(H,15,16). The minimum absolute atomic E-state index is 0.202. The number of carbonyl (C=O) groups is 1. The van der Waals surface area contributed by atoms with Gasteiger partial charge in [-0.1, -0.05) is 0 Å². The lowest BCUT2D eigenvalue weighted by atomic mass is 10.1. The highest BCUT2D eigenvalue weighted by molar-refractivity contribution is 5.98. The lowest BCUT2D eigenvalue weighted by Gasteiger charge is -2.06. The van der Waals surface area contributed by atoms with Gasteiger partial charge in [-0.05, 0) is 25.5 Å². The molecule has 2 aromatic rings. The molecule has 4 nitrogen and oxygen atoms in total. The quantitative estimate of drug-likeness (QED) is 0.867. The van der Waals surface area contributed by atoms with E-state index in [2.05, 4.69) is 0 Å². The van der Waals surface area contributed by atoms with Crippen LogP contribution < -0.4 is 4.74 Å². The smallest absolute Gasteiger partial charge is 0.339 e. The number of aromatic nitrogens is 1. The summed E-state index contributed by atoms with van der Waals surface area (Å²) >= 11 is 0. The SMILES string of the molecule is COc1cc2c(cc1C(=O)O)c(C)c(C)n2C. The number of aryl methyl sites for hydroxylation is 2. The largest absolute Gasteiger partial charge is 0.496 e. The summed E-state index contributed by atoms with van der Waals surface area (Å²) in [5.41, 5.74) is 3.42. The molecule has 0 fully saturated rings. The van der Waals surface area contributed by atoms with Gasteiger partial charge in [-0.3, -0.25) is 0 Å². The number of rotatable bonds is 2. The van der Waals surface area contributed by atoms with Crippen LogP contribution in [0.25, 0.3) is 10.9 Å². The average molecular weight is 233 g/mol. The predicted octanol–water partition coefficient (Wildman–Crippen LogP) is 2.50. The van der Waals surface area contributed by atoms with Crippen molar-refractivity contribution in [2.24, 2.45) is 7.05 Å². The fourth-order valence-electron chi connectivity index (χ4n) is 2.11. The molecule has 0 radical (unpaired) electrons. The van der Waals surface area contributed by atoms with Gasteiger partial charge in [0, 0.05) is 24.2 Å². The van der Waals surface area contributed by atoms with Crippen LogP contribution in [0.2, 0.25) is 0 Å². The van der Waals surface area contributed by atoms with Gasteiger partial charge in [0.05, 0.1) is 12.6 Å². The molecule has 1 heterocycles. The zero-order valence-corrected chi connectivity index (χ0v) is 10.4. The molecule has 0 saturated carbocycles. The van der Waals surface area contributed by atoms with Gasteiger partial charge in [0.25, 0.3) is 0 Å². The van der Waals surface area contributed by atoms with E-state index in [-0.39, 0.29) is 5.56 Å². The highest BCUT2D eigenvalue weighted by Crippen LogP contribution is 2.30. The average Bonchev–Trinajstić information content (AvgIpc) is 2.52. The first kappa shape index (κ1) is 11.5. The van der Waals surface area contributed by atoms with Gasteiger partial charge in [0.15, 0.2) is 0 Å². The van der Waals surface area contributed by atoms with Crippen molar-refractivity contribution < 1.29 is 14.6 Å². The number of carboxylic acid groups (broad SMARTS) is 1. The molecule has 1 N–H and O–H groups in total. The van der Waals surface area contributed by atoms with Gasteiger partial charge in [-0.25, -0.2) is 4.79 Å². The van der Waals surface area contributed by atoms with E-state index in [1.165, 1.54) is 7.11 Å². The summed E-state index contributed by atoms with van der Waals surface area (Å²) in [6.07, 6.45) is 0. The van der Waals surface area contributed by atoms with E-state index in [0.717, 1.165) is 22.2 Å². The third-order valence-electron chi connectivity index (χ3n) is 3.36. The molecule has 1 aromatic heterocycles. The summed E-state index contributed by atoms with van der Waals surface area (Å²) in [6.45, 7) is 4.01. The zero-order valence-electron chi connectivity index (χ0n) is 10.4. The van der Waals surface area contributed by atoms with Gasteiger partial charge in [-0.15, -0.1) is 0 Å². The fourth-order valence-corrected chi connectivity index (χ4v) is 2.11. The molecular weight excluding hydrogens is 218 g/mol. The fraction of sp³-hybridized carbons (Fsp3) is 0.308. The Balaban J connectivity index is 2.88. The van der Waals surface area contributed by atoms with Crippen LogP contribution in [0.3, 0.4) is 0 Å². The van der Waals surface area contributed by atoms with E-state index in [1.54, 1.807) is 12.1 Å². The van der Waals surface area contributed by atoms with Crippen molar-refractivity contribution in [2.45, 2.75) is 13.8 Å². The van der Waals surface area contributed by atoms with Crippen LogP contribution in [0.1, 0.15) is 21.6 Å². The summed E-state index contributed by atoms with van der Waals surface area (Å²) < 4.78 is 7.17. The summed E-state index contributed by atoms with van der Waals surface area (Å²) in [6, 6.07) is 3.46. The number of fused-ring (bicyclic) bond motifs is 1. The van der Waals surface area contributed by atoms with Gasteiger partial charge in [-0.2, -0.15) is 0 Å². The molecule has 0 atom stereocenters. The number of methoxy groups -OCH3 is 1. The number of ether oxygens (including phenoxy) is 1. The van der Waals surface area contributed by atoms with E-state index < -0.39 is 5.97 Å². The van der Waals surface area contributed by atoms with Crippen LogP contribution >= 0.6 is 0 Å². The summed E-state index contributed by atoms with van der Waals surface area (Å²) in [5.74, 6) is -0.574. The van der Waals surface area contributed by atoms with E-state index in [0.29, 0.717) is 5.75 Å². The lowest BCUT2D eigenvalue weighted by Crippen LogP contribution is -2.00. The maximum Gasteiger partial charge on any atom is 0.339 e. The highest BCUT2D eigenvalue weighted by Gasteiger charge is 2.16. The Morgan fingerprint density at radius 3 is 2.53 bits per heavy atom. The summed E-state index contributed by atoms with van der Waals surface area (Å²) in [5, 5.41) is 10.1. The number of aromatic carboxylic acids is 1. The first-order valence-corrected chi connectivity index (χ1v) is 5.34. The molecule has 0 unspecified atom stereocenters. The number of carboxylic acids is 1. The van der Waals surface area contributed by atoms with Crippen molar-refractivity contribution in [1.29, 1.82) is 0 Å². The molecule has 0 bridgehead atoms. The molecule has 90 valence electrons. The van der Waals surface area contributed by atoms with Crippen LogP contribution in [0.15, 0.2) is 12.1 Å². The van der Waals surface area contributed by atoms with Crippen molar-refractivity contribution in [3.8, 4) is 5.75 Å². The molecule has 1 aromatic carbocycles. The minimum atomic E-state index is -0.968. The zero-order chi connectivity index (χ0) is 12.7. The van der Waals surface area contributed by atoms with Crippen molar-refractivity contribution in [3.63, 3.8) is 0 Å². The Bertz CT molecular complexity index is 611. The normalized spacial score (nSPS) is 10.8. The minimum Gasteiger partial charge on any atom is -0.496 e. The second-order valence-electron chi connectivity index (χ2n) is 4.14. The number of hydrogen-bond acceptors (Lipinski definition) is 2. The third-order valence-corrected chi connectivity index (χ3v) is 3.36. The molecule has 17 heavy (non-hydrogen) atoms. The van der Waals surface area contributed by atoms with Crippen LogP contribution in [0.4, 0.5) is 0 Å². The van der Waals surface area contributed by atoms with Crippen molar-refractivity contribution >= 4 is 16.9 Å². The molecule has 4 heteroatoms. The first-order chi connectivity index (χ1) is 7.97. The Kier molecular flexibility index (Phi) is 2.58. The molecule has 0 spiro atoms. The third kappa shape index (κ3) is 1.56. The second-order valence-corrected chi connectivity index (χ2v) is 4.14. The van der Waals surface area contributed by atoms with Crippen LogP contribution in [0, 0.1) is 13.8 Å². The van der Waals surface area contributed by atoms with Gasteiger partial charge in [0.1, 0.15) is 11.3 Å². The van der Waals surface area contributed by atoms with Crippen molar-refractivity contribution in [3.05, 3.63) is 29.0 Å². The van der Waals surface area contributed by atoms with Crippen LogP contribution in [-0.4, -0.2) is 22.8 Å². The number of hydrogen-bond donors (Lipinski definition) is 1. The van der Waals surface area contributed by atoms with Gasteiger partial charge >= 0.3 is 5.97 Å². The molecule has 0 aliphatic rings. The second kappa shape index (κ2) is 3.80. The molecule has 0 saturated heterocycles. The number of nitrogens with zero attached hydrogens (tertiary/aromatic N) is 1. The monoisotopic (exact) mass is 233 g/mol. The van der Waals surface area contributed by atoms with E-state index >= 15 is 0 Å². The van der Waals surface area contributed by atoms with Crippen LogP contribution in [0.5, 0.6) is 5.75 Å². The predicted molar refractivity (Wildman–Crippen MR) is 65.9 cm³/mol. The van der Waals surface area contributed by atoms with Gasteiger partial charge < -0.3 is 14.4 Å². The molecular formula is C13H15NO3. The Hall–Kier alpha value is -1.97. The van der Waals surface area contributed by atoms with E-state index in [9.17, 15) is 4.79 Å².